The molecule has 0 aliphatic carbocycles. The van der Waals surface area contributed by atoms with E-state index < -0.39 is 18.4 Å². The monoisotopic (exact) mass is 523 g/mol. The minimum absolute atomic E-state index is 0.187. The average molecular weight is 524 g/mol. The van der Waals surface area contributed by atoms with Crippen LogP contribution >= 0.6 is 0 Å². The number of hydrogen-bond donors (Lipinski definition) is 4. The summed E-state index contributed by atoms with van der Waals surface area (Å²) in [4.78, 5) is 22.8. The third-order valence-corrected chi connectivity index (χ3v) is 7.34. The Morgan fingerprint density at radius 3 is 2.79 bits per heavy atom. The second-order valence-corrected chi connectivity index (χ2v) is 10.0. The average Bonchev–Trinajstić information content (AvgIpc) is 3.48. The summed E-state index contributed by atoms with van der Waals surface area (Å²) in [7, 11) is 0. The first-order valence-corrected chi connectivity index (χ1v) is 13.4. The number of hydrogen-bond acceptors (Lipinski definition) is 8. The standard InChI is InChI=1S/C27H37N7O4/c1-3-4-6-18-7-9-19(10-8-18)32-27(36)29-12-5-13-33-15-21-23(37-17(33)2)22(35)26(38-21)34-14-11-20-24(28)30-16-31-25(20)34/h7-11,14,16-17,21-23,26,35H,3-6,12-13,15H2,1-2H3,(H2,28,30,31)(H2,29,32,36)/t17?,21-,22-,23-,26?/m1/s1. The summed E-state index contributed by atoms with van der Waals surface area (Å²) in [6, 6.07) is 9.60. The van der Waals surface area contributed by atoms with Gasteiger partial charge in [-0.3, -0.25) is 4.90 Å². The number of nitrogens with one attached hydrogen (secondary N) is 2. The minimum Gasteiger partial charge on any atom is -0.386 e. The fraction of sp³-hybridized carbons (Fsp3) is 0.519. The third-order valence-electron chi connectivity index (χ3n) is 7.34. The Balaban J connectivity index is 1.09. The molecule has 2 aromatic heterocycles. The number of carbonyl (C=O) groups excluding carboxylic acids is 1. The first-order valence-electron chi connectivity index (χ1n) is 13.4. The molecule has 0 saturated carbocycles. The van der Waals surface area contributed by atoms with E-state index in [9.17, 15) is 9.90 Å². The number of anilines is 2. The molecule has 2 unspecified atom stereocenters. The Labute approximate surface area is 222 Å². The molecule has 5 N–H and O–H groups in total. The number of aryl methyl sites for hydroxylation is 1. The molecule has 1 aromatic carbocycles. The Kier molecular flexibility index (Phi) is 8.08. The summed E-state index contributed by atoms with van der Waals surface area (Å²) in [5.74, 6) is 0.386. The molecule has 11 nitrogen and oxygen atoms in total. The van der Waals surface area contributed by atoms with Crippen molar-refractivity contribution in [3.63, 3.8) is 0 Å². The SMILES string of the molecule is CCCCc1ccc(NC(=O)NCCCN2C[C@H]3OC(n4ccc5c(N)ncnc54)[C@H](O)[C@@H]3OC2C)cc1. The maximum Gasteiger partial charge on any atom is 0.319 e. The zero-order valence-electron chi connectivity index (χ0n) is 21.9. The number of aliphatic hydroxyl groups excluding tert-OH is 1. The lowest BCUT2D eigenvalue weighted by Crippen LogP contribution is -2.54. The van der Waals surface area contributed by atoms with Gasteiger partial charge in [0.05, 0.1) is 5.39 Å². The molecular weight excluding hydrogens is 486 g/mol. The van der Waals surface area contributed by atoms with E-state index in [1.165, 1.54) is 18.3 Å². The number of nitrogens with two attached hydrogens (primary N) is 1. The number of fused-ring (bicyclic) bond motifs is 2. The fourth-order valence-electron chi connectivity index (χ4n) is 5.22. The van der Waals surface area contributed by atoms with Gasteiger partial charge in [0.1, 0.15) is 42.3 Å². The predicted octanol–water partition coefficient (Wildman–Crippen LogP) is 2.87. The fourth-order valence-corrected chi connectivity index (χ4v) is 5.22. The lowest BCUT2D eigenvalue weighted by atomic mass is 10.1. The Morgan fingerprint density at radius 1 is 1.18 bits per heavy atom. The summed E-state index contributed by atoms with van der Waals surface area (Å²) in [6.07, 6.45) is 4.95. The molecule has 11 heteroatoms. The number of rotatable bonds is 9. The van der Waals surface area contributed by atoms with Gasteiger partial charge in [-0.25, -0.2) is 14.8 Å². The van der Waals surface area contributed by atoms with E-state index in [4.69, 9.17) is 15.2 Å². The molecular formula is C27H37N7O4. The van der Waals surface area contributed by atoms with E-state index in [-0.39, 0.29) is 18.4 Å². The van der Waals surface area contributed by atoms with Crippen molar-refractivity contribution in [1.82, 2.24) is 24.8 Å². The van der Waals surface area contributed by atoms with Crippen molar-refractivity contribution in [3.05, 3.63) is 48.4 Å². The maximum atomic E-state index is 12.3. The van der Waals surface area contributed by atoms with Crippen LogP contribution in [0.5, 0.6) is 0 Å². The van der Waals surface area contributed by atoms with Crippen molar-refractivity contribution in [3.8, 4) is 0 Å². The van der Waals surface area contributed by atoms with Crippen molar-refractivity contribution in [2.24, 2.45) is 0 Å². The van der Waals surface area contributed by atoms with Crippen LogP contribution in [0, 0.1) is 0 Å². The number of amides is 2. The van der Waals surface area contributed by atoms with Crippen LogP contribution in [0.3, 0.4) is 0 Å². The van der Waals surface area contributed by atoms with Crippen LogP contribution in [0.25, 0.3) is 11.0 Å². The molecule has 0 bridgehead atoms. The van der Waals surface area contributed by atoms with Crippen molar-refractivity contribution in [2.45, 2.75) is 70.3 Å². The molecule has 0 radical (unpaired) electrons. The van der Waals surface area contributed by atoms with Crippen molar-refractivity contribution in [2.75, 3.05) is 30.7 Å². The number of unbranched alkanes of at least 4 members (excludes halogenated alkanes) is 1. The number of aromatic nitrogens is 3. The lowest BCUT2D eigenvalue weighted by molar-refractivity contribution is -0.176. The second-order valence-electron chi connectivity index (χ2n) is 10.0. The highest BCUT2D eigenvalue weighted by molar-refractivity contribution is 5.89. The summed E-state index contributed by atoms with van der Waals surface area (Å²) in [6.45, 7) is 6.02. The number of benzene rings is 1. The molecule has 5 atom stereocenters. The van der Waals surface area contributed by atoms with E-state index in [0.29, 0.717) is 24.6 Å². The molecule has 0 spiro atoms. The maximum absolute atomic E-state index is 12.3. The summed E-state index contributed by atoms with van der Waals surface area (Å²) in [5, 5.41) is 17.5. The number of carbonyl (C=O) groups is 1. The molecule has 2 aliphatic heterocycles. The number of aliphatic hydroxyl groups is 1. The van der Waals surface area contributed by atoms with Gasteiger partial charge in [0, 0.05) is 31.5 Å². The van der Waals surface area contributed by atoms with Gasteiger partial charge in [-0.15, -0.1) is 0 Å². The highest BCUT2D eigenvalue weighted by Gasteiger charge is 2.50. The number of ether oxygens (including phenoxy) is 2. The number of nitrogen functional groups attached to an aromatic ring is 1. The molecule has 204 valence electrons. The molecule has 2 fully saturated rings. The second kappa shape index (κ2) is 11.6. The summed E-state index contributed by atoms with van der Waals surface area (Å²) >= 11 is 0. The van der Waals surface area contributed by atoms with Crippen molar-refractivity contribution in [1.29, 1.82) is 0 Å². The molecule has 5 rings (SSSR count). The topological polar surface area (TPSA) is 140 Å². The van der Waals surface area contributed by atoms with Crippen LogP contribution in [0.15, 0.2) is 42.9 Å². The lowest BCUT2D eigenvalue weighted by Gasteiger charge is -2.39. The molecule has 4 heterocycles. The van der Waals surface area contributed by atoms with Crippen LogP contribution in [-0.2, 0) is 15.9 Å². The van der Waals surface area contributed by atoms with Crippen LogP contribution in [0.1, 0.15) is 44.9 Å². The van der Waals surface area contributed by atoms with E-state index in [1.54, 1.807) is 10.8 Å². The molecule has 2 aliphatic rings. The normalized spacial score (nSPS) is 25.4. The number of nitrogens with zero attached hydrogens (tertiary/aromatic N) is 4. The third kappa shape index (κ3) is 5.60. The molecule has 2 saturated heterocycles. The van der Waals surface area contributed by atoms with Crippen LogP contribution in [-0.4, -0.2) is 74.7 Å². The quantitative estimate of drug-likeness (QED) is 0.314. The zero-order chi connectivity index (χ0) is 26.6. The Hall–Kier alpha value is -3.25. The first kappa shape index (κ1) is 26.4. The van der Waals surface area contributed by atoms with Gasteiger partial charge in [-0.1, -0.05) is 25.5 Å². The van der Waals surface area contributed by atoms with E-state index >= 15 is 0 Å². The molecule has 2 amide bonds. The van der Waals surface area contributed by atoms with Gasteiger partial charge in [0.15, 0.2) is 6.23 Å². The minimum atomic E-state index is -0.845. The number of urea groups is 1. The van der Waals surface area contributed by atoms with Crippen LogP contribution in [0.4, 0.5) is 16.3 Å². The van der Waals surface area contributed by atoms with E-state index in [0.717, 1.165) is 36.9 Å². The van der Waals surface area contributed by atoms with Gasteiger partial charge in [0.2, 0.25) is 0 Å². The van der Waals surface area contributed by atoms with Crippen molar-refractivity contribution >= 4 is 28.6 Å². The van der Waals surface area contributed by atoms with Crippen molar-refractivity contribution < 1.29 is 19.4 Å². The van der Waals surface area contributed by atoms with Gasteiger partial charge in [0.25, 0.3) is 0 Å². The van der Waals surface area contributed by atoms with Crippen LogP contribution < -0.4 is 16.4 Å². The van der Waals surface area contributed by atoms with Gasteiger partial charge >= 0.3 is 6.03 Å². The van der Waals surface area contributed by atoms with Gasteiger partial charge < -0.3 is 35.5 Å². The van der Waals surface area contributed by atoms with E-state index in [1.807, 2.05) is 25.1 Å². The molecule has 38 heavy (non-hydrogen) atoms. The molecule has 3 aromatic rings. The van der Waals surface area contributed by atoms with Gasteiger partial charge in [-0.05, 0) is 49.9 Å². The Morgan fingerprint density at radius 2 is 2.00 bits per heavy atom. The zero-order valence-corrected chi connectivity index (χ0v) is 21.9. The Bertz CT molecular complexity index is 1230. The smallest absolute Gasteiger partial charge is 0.319 e. The highest BCUT2D eigenvalue weighted by Crippen LogP contribution is 2.37. The highest BCUT2D eigenvalue weighted by atomic mass is 16.6. The first-order chi connectivity index (χ1) is 18.4. The van der Waals surface area contributed by atoms with Crippen LogP contribution in [0.2, 0.25) is 0 Å². The largest absolute Gasteiger partial charge is 0.386 e. The summed E-state index contributed by atoms with van der Waals surface area (Å²) < 4.78 is 14.2. The predicted molar refractivity (Wildman–Crippen MR) is 144 cm³/mol. The van der Waals surface area contributed by atoms with Gasteiger partial charge in [-0.2, -0.15) is 0 Å². The van der Waals surface area contributed by atoms with E-state index in [2.05, 4.69) is 44.6 Å². The summed E-state index contributed by atoms with van der Waals surface area (Å²) in [5.41, 5.74) is 8.64.